The van der Waals surface area contributed by atoms with Crippen LogP contribution in [0.25, 0.3) is 5.69 Å². The van der Waals surface area contributed by atoms with E-state index in [0.29, 0.717) is 5.69 Å². The number of aromatic nitrogens is 3. The molecular formula is C8H5ClN4O2. The van der Waals surface area contributed by atoms with Crippen molar-refractivity contribution in [3.63, 3.8) is 0 Å². The lowest BCUT2D eigenvalue weighted by molar-refractivity contribution is -0.384. The molecule has 6 nitrogen and oxygen atoms in total. The van der Waals surface area contributed by atoms with E-state index in [1.54, 1.807) is 10.6 Å². The number of rotatable bonds is 2. The van der Waals surface area contributed by atoms with Crippen LogP contribution in [0.1, 0.15) is 0 Å². The smallest absolute Gasteiger partial charge is 0.271 e. The maximum Gasteiger partial charge on any atom is 0.271 e. The van der Waals surface area contributed by atoms with Gasteiger partial charge in [0, 0.05) is 12.1 Å². The molecule has 0 saturated carbocycles. The molecule has 0 radical (unpaired) electrons. The molecule has 15 heavy (non-hydrogen) atoms. The topological polar surface area (TPSA) is 73.8 Å². The van der Waals surface area contributed by atoms with Crippen LogP contribution in [0.3, 0.4) is 0 Å². The maximum atomic E-state index is 10.5. The molecule has 0 aliphatic carbocycles. The first kappa shape index (κ1) is 9.60. The minimum Gasteiger partial charge on any atom is -0.287 e. The Hall–Kier alpha value is -1.95. The molecule has 0 fully saturated rings. The van der Waals surface area contributed by atoms with Crippen LogP contribution in [0.15, 0.2) is 30.9 Å². The van der Waals surface area contributed by atoms with Gasteiger partial charge < -0.3 is 0 Å². The Bertz CT molecular complexity index is 497. The van der Waals surface area contributed by atoms with E-state index in [4.69, 9.17) is 11.6 Å². The highest BCUT2D eigenvalue weighted by molar-refractivity contribution is 6.32. The fraction of sp³-hybridized carbons (Fsp3) is 0. The van der Waals surface area contributed by atoms with E-state index < -0.39 is 4.92 Å². The summed E-state index contributed by atoms with van der Waals surface area (Å²) >= 11 is 5.88. The van der Waals surface area contributed by atoms with E-state index >= 15 is 0 Å². The molecule has 0 amide bonds. The third kappa shape index (κ3) is 1.79. The highest BCUT2D eigenvalue weighted by Crippen LogP contribution is 2.24. The number of hydrogen-bond acceptors (Lipinski definition) is 4. The summed E-state index contributed by atoms with van der Waals surface area (Å²) in [5, 5.41) is 18.0. The van der Waals surface area contributed by atoms with Crippen LogP contribution in [0.5, 0.6) is 0 Å². The Labute approximate surface area is 89.3 Å². The largest absolute Gasteiger partial charge is 0.287 e. The summed E-state index contributed by atoms with van der Waals surface area (Å²) in [5.41, 5.74) is 0.559. The minimum absolute atomic E-state index is 0.0446. The quantitative estimate of drug-likeness (QED) is 0.576. The van der Waals surface area contributed by atoms with Gasteiger partial charge in [-0.1, -0.05) is 11.6 Å². The summed E-state index contributed by atoms with van der Waals surface area (Å²) in [5.74, 6) is 0. The first-order chi connectivity index (χ1) is 7.18. The Kier molecular flexibility index (Phi) is 2.34. The predicted octanol–water partition coefficient (Wildman–Crippen LogP) is 1.83. The molecule has 2 rings (SSSR count). The van der Waals surface area contributed by atoms with Crippen molar-refractivity contribution < 1.29 is 4.92 Å². The molecule has 0 aliphatic rings. The lowest BCUT2D eigenvalue weighted by Crippen LogP contribution is -1.93. The van der Waals surface area contributed by atoms with E-state index in [9.17, 15) is 10.1 Å². The number of benzene rings is 1. The molecule has 2 aromatic rings. The standard InChI is InChI=1S/C8H5ClN4O2/c9-7-3-6(13(14)15)1-2-8(7)12-4-10-11-5-12/h1-5H. The van der Waals surface area contributed by atoms with Gasteiger partial charge in [0.2, 0.25) is 0 Å². The number of nitro groups is 1. The summed E-state index contributed by atoms with van der Waals surface area (Å²) < 4.78 is 1.58. The van der Waals surface area contributed by atoms with Crippen molar-refractivity contribution in [3.8, 4) is 5.69 Å². The molecule has 0 bridgehead atoms. The van der Waals surface area contributed by atoms with Crippen molar-refractivity contribution in [3.05, 3.63) is 46.0 Å². The van der Waals surface area contributed by atoms with Crippen LogP contribution in [0, 0.1) is 10.1 Å². The third-order valence-corrected chi connectivity index (χ3v) is 2.14. The third-order valence-electron chi connectivity index (χ3n) is 1.84. The Morgan fingerprint density at radius 1 is 1.33 bits per heavy atom. The van der Waals surface area contributed by atoms with Gasteiger partial charge in [-0.15, -0.1) is 10.2 Å². The predicted molar refractivity (Wildman–Crippen MR) is 53.0 cm³/mol. The summed E-state index contributed by atoms with van der Waals surface area (Å²) in [7, 11) is 0. The molecule has 0 atom stereocenters. The van der Waals surface area contributed by atoms with Gasteiger partial charge in [-0.3, -0.25) is 14.7 Å². The van der Waals surface area contributed by atoms with Gasteiger partial charge in [-0.25, -0.2) is 0 Å². The highest BCUT2D eigenvalue weighted by atomic mass is 35.5. The van der Waals surface area contributed by atoms with E-state index in [1.165, 1.54) is 24.8 Å². The molecule has 0 unspecified atom stereocenters. The number of halogens is 1. The molecule has 0 aliphatic heterocycles. The van der Waals surface area contributed by atoms with Crippen molar-refractivity contribution in [2.45, 2.75) is 0 Å². The van der Waals surface area contributed by atoms with E-state index in [2.05, 4.69) is 10.2 Å². The van der Waals surface area contributed by atoms with E-state index in [1.807, 2.05) is 0 Å². The average Bonchev–Trinajstić information content (AvgIpc) is 2.70. The zero-order chi connectivity index (χ0) is 10.8. The summed E-state index contributed by atoms with van der Waals surface area (Å²) in [6, 6.07) is 4.21. The zero-order valence-electron chi connectivity index (χ0n) is 7.37. The van der Waals surface area contributed by atoms with Crippen LogP contribution < -0.4 is 0 Å². The second-order valence-electron chi connectivity index (χ2n) is 2.76. The second kappa shape index (κ2) is 3.66. The molecular weight excluding hydrogens is 220 g/mol. The van der Waals surface area contributed by atoms with Gasteiger partial charge in [0.1, 0.15) is 12.7 Å². The fourth-order valence-electron chi connectivity index (χ4n) is 1.14. The number of hydrogen-bond donors (Lipinski definition) is 0. The Morgan fingerprint density at radius 3 is 2.53 bits per heavy atom. The molecule has 1 heterocycles. The summed E-state index contributed by atoms with van der Waals surface area (Å²) in [4.78, 5) is 9.97. The van der Waals surface area contributed by atoms with Crippen LogP contribution in [0.2, 0.25) is 5.02 Å². The lowest BCUT2D eigenvalue weighted by atomic mass is 10.3. The SMILES string of the molecule is O=[N+]([O-])c1ccc(-n2cnnc2)c(Cl)c1. The average molecular weight is 225 g/mol. The molecule has 1 aromatic carbocycles. The van der Waals surface area contributed by atoms with Crippen LogP contribution in [0.4, 0.5) is 5.69 Å². The zero-order valence-corrected chi connectivity index (χ0v) is 8.13. The van der Waals surface area contributed by atoms with Crippen molar-refractivity contribution in [1.82, 2.24) is 14.8 Å². The monoisotopic (exact) mass is 224 g/mol. The maximum absolute atomic E-state index is 10.5. The highest BCUT2D eigenvalue weighted by Gasteiger charge is 2.10. The van der Waals surface area contributed by atoms with Crippen LogP contribution >= 0.6 is 11.6 Å². The van der Waals surface area contributed by atoms with Gasteiger partial charge in [0.15, 0.2) is 0 Å². The minimum atomic E-state index is -0.498. The lowest BCUT2D eigenvalue weighted by Gasteiger charge is -2.02. The molecule has 7 heteroatoms. The number of nitrogens with zero attached hydrogens (tertiary/aromatic N) is 4. The molecule has 0 saturated heterocycles. The molecule has 1 aromatic heterocycles. The normalized spacial score (nSPS) is 10.2. The van der Waals surface area contributed by atoms with Crippen LogP contribution in [-0.2, 0) is 0 Å². The van der Waals surface area contributed by atoms with Gasteiger partial charge in [0.05, 0.1) is 15.6 Å². The summed E-state index contributed by atoms with van der Waals surface area (Å²) in [6.45, 7) is 0. The first-order valence-corrected chi connectivity index (χ1v) is 4.35. The van der Waals surface area contributed by atoms with Crippen LogP contribution in [-0.4, -0.2) is 19.7 Å². The number of non-ortho nitro benzene ring substituents is 1. The van der Waals surface area contributed by atoms with Gasteiger partial charge in [-0.2, -0.15) is 0 Å². The Balaban J connectivity index is 2.48. The second-order valence-corrected chi connectivity index (χ2v) is 3.17. The fourth-order valence-corrected chi connectivity index (χ4v) is 1.42. The first-order valence-electron chi connectivity index (χ1n) is 3.97. The van der Waals surface area contributed by atoms with Crippen molar-refractivity contribution in [2.75, 3.05) is 0 Å². The van der Waals surface area contributed by atoms with Crippen molar-refractivity contribution in [2.24, 2.45) is 0 Å². The van der Waals surface area contributed by atoms with Crippen molar-refractivity contribution >= 4 is 17.3 Å². The molecule has 0 N–H and O–H groups in total. The molecule has 0 spiro atoms. The van der Waals surface area contributed by atoms with E-state index in [0.717, 1.165) is 0 Å². The number of nitro benzene ring substituents is 1. The molecule has 76 valence electrons. The van der Waals surface area contributed by atoms with E-state index in [-0.39, 0.29) is 10.7 Å². The van der Waals surface area contributed by atoms with Crippen molar-refractivity contribution in [1.29, 1.82) is 0 Å². The van der Waals surface area contributed by atoms with Gasteiger partial charge >= 0.3 is 0 Å². The Morgan fingerprint density at radius 2 is 2.00 bits per heavy atom. The summed E-state index contributed by atoms with van der Waals surface area (Å²) in [6.07, 6.45) is 2.93. The van der Waals surface area contributed by atoms with Gasteiger partial charge in [0.25, 0.3) is 5.69 Å². The van der Waals surface area contributed by atoms with Gasteiger partial charge in [-0.05, 0) is 6.07 Å².